The quantitative estimate of drug-likeness (QED) is 0.475. The Balaban J connectivity index is 1.77. The highest BCUT2D eigenvalue weighted by molar-refractivity contribution is 5.70. The lowest BCUT2D eigenvalue weighted by Gasteiger charge is -2.35. The number of carbonyl (C=O) groups is 1. The van der Waals surface area contributed by atoms with Crippen LogP contribution in [0.3, 0.4) is 0 Å². The molecule has 2 aromatic carbocycles. The zero-order valence-electron chi connectivity index (χ0n) is 20.7. The molecule has 0 bridgehead atoms. The van der Waals surface area contributed by atoms with Gasteiger partial charge in [0.2, 0.25) is 0 Å². The first-order valence-corrected chi connectivity index (χ1v) is 11.6. The van der Waals surface area contributed by atoms with Crippen molar-refractivity contribution in [3.05, 3.63) is 83.9 Å². The Labute approximate surface area is 198 Å². The lowest BCUT2D eigenvalue weighted by molar-refractivity contribution is -0.0717. The maximum atomic E-state index is 13.2. The van der Waals surface area contributed by atoms with E-state index in [4.69, 9.17) is 14.2 Å². The van der Waals surface area contributed by atoms with E-state index in [-0.39, 0.29) is 24.3 Å². The van der Waals surface area contributed by atoms with Crippen LogP contribution in [0.25, 0.3) is 0 Å². The highest BCUT2D eigenvalue weighted by Crippen LogP contribution is 2.36. The van der Waals surface area contributed by atoms with Crippen LogP contribution in [0.4, 0.5) is 4.79 Å². The number of rotatable bonds is 7. The Bertz CT molecular complexity index is 918. The highest BCUT2D eigenvalue weighted by atomic mass is 16.6. The lowest BCUT2D eigenvalue weighted by Crippen LogP contribution is -2.50. The minimum Gasteiger partial charge on any atom is -0.444 e. The van der Waals surface area contributed by atoms with Crippen molar-refractivity contribution < 1.29 is 19.0 Å². The molecule has 0 radical (unpaired) electrons. The smallest absolute Gasteiger partial charge is 0.412 e. The summed E-state index contributed by atoms with van der Waals surface area (Å²) < 4.78 is 18.1. The van der Waals surface area contributed by atoms with Gasteiger partial charge in [0.25, 0.3) is 0 Å². The van der Waals surface area contributed by atoms with Gasteiger partial charge in [-0.3, -0.25) is 4.90 Å². The van der Waals surface area contributed by atoms with Gasteiger partial charge in [-0.1, -0.05) is 72.8 Å². The molecule has 3 rings (SSSR count). The molecule has 1 amide bonds. The van der Waals surface area contributed by atoms with Crippen LogP contribution in [0.1, 0.15) is 52.7 Å². The van der Waals surface area contributed by atoms with E-state index in [1.54, 1.807) is 4.90 Å². The first-order chi connectivity index (χ1) is 15.5. The van der Waals surface area contributed by atoms with E-state index in [0.29, 0.717) is 13.0 Å². The van der Waals surface area contributed by atoms with Crippen LogP contribution < -0.4 is 0 Å². The van der Waals surface area contributed by atoms with E-state index in [1.165, 1.54) is 0 Å². The summed E-state index contributed by atoms with van der Waals surface area (Å²) in [7, 11) is 0. The summed E-state index contributed by atoms with van der Waals surface area (Å²) in [6.45, 7) is 12.0. The predicted octanol–water partition coefficient (Wildman–Crippen LogP) is 6.13. The monoisotopic (exact) mass is 451 g/mol. The molecule has 3 atom stereocenters. The summed E-state index contributed by atoms with van der Waals surface area (Å²) in [4.78, 5) is 14.9. The number of benzene rings is 2. The van der Waals surface area contributed by atoms with Gasteiger partial charge in [0.1, 0.15) is 11.3 Å². The Hall–Kier alpha value is -2.63. The molecule has 1 heterocycles. The van der Waals surface area contributed by atoms with Crippen LogP contribution in [-0.2, 0) is 27.2 Å². The van der Waals surface area contributed by atoms with Crippen LogP contribution in [0.15, 0.2) is 72.8 Å². The van der Waals surface area contributed by atoms with Gasteiger partial charge in [-0.2, -0.15) is 0 Å². The summed E-state index contributed by atoms with van der Waals surface area (Å²) in [5.41, 5.74) is 0.890. The van der Waals surface area contributed by atoms with Gasteiger partial charge in [-0.25, -0.2) is 4.79 Å². The normalized spacial score (nSPS) is 21.3. The molecule has 1 aliphatic rings. The van der Waals surface area contributed by atoms with Crippen LogP contribution in [0, 0.1) is 0 Å². The van der Waals surface area contributed by atoms with Gasteiger partial charge in [-0.15, -0.1) is 0 Å². The van der Waals surface area contributed by atoms with Crippen molar-refractivity contribution in [3.8, 4) is 0 Å². The lowest BCUT2D eigenvalue weighted by atomic mass is 9.99. The maximum Gasteiger partial charge on any atom is 0.412 e. The molecule has 5 heteroatoms. The van der Waals surface area contributed by atoms with Crippen molar-refractivity contribution in [1.82, 2.24) is 4.90 Å². The fourth-order valence-electron chi connectivity index (χ4n) is 4.03. The Morgan fingerprint density at radius 2 is 1.64 bits per heavy atom. The predicted molar refractivity (Wildman–Crippen MR) is 131 cm³/mol. The van der Waals surface area contributed by atoms with Gasteiger partial charge in [-0.05, 0) is 59.1 Å². The maximum absolute atomic E-state index is 13.2. The fraction of sp³-hybridized carbons (Fsp3) is 0.464. The number of hydrogen-bond acceptors (Lipinski definition) is 4. The summed E-state index contributed by atoms with van der Waals surface area (Å²) in [6, 6.07) is 20.1. The third-order valence-electron chi connectivity index (χ3n) is 5.52. The molecule has 0 aliphatic carbocycles. The Kier molecular flexibility index (Phi) is 7.98. The summed E-state index contributed by atoms with van der Waals surface area (Å²) >= 11 is 0. The number of ether oxygens (including phenoxy) is 3. The first-order valence-electron chi connectivity index (χ1n) is 11.6. The largest absolute Gasteiger partial charge is 0.444 e. The molecule has 178 valence electrons. The average molecular weight is 452 g/mol. The van der Waals surface area contributed by atoms with Gasteiger partial charge < -0.3 is 14.2 Å². The molecule has 1 fully saturated rings. The molecule has 33 heavy (non-hydrogen) atoms. The molecule has 0 aromatic heterocycles. The van der Waals surface area contributed by atoms with Crippen molar-refractivity contribution in [2.75, 3.05) is 0 Å². The minimum absolute atomic E-state index is 0.0927. The zero-order valence-corrected chi connectivity index (χ0v) is 20.7. The Morgan fingerprint density at radius 3 is 2.21 bits per heavy atom. The molecule has 0 saturated carbocycles. The van der Waals surface area contributed by atoms with Gasteiger partial charge in [0.15, 0.2) is 0 Å². The van der Waals surface area contributed by atoms with Crippen LogP contribution >= 0.6 is 0 Å². The van der Waals surface area contributed by atoms with Crippen LogP contribution in [0.2, 0.25) is 0 Å². The van der Waals surface area contributed by atoms with E-state index in [0.717, 1.165) is 11.1 Å². The zero-order chi connectivity index (χ0) is 24.1. The Morgan fingerprint density at radius 1 is 1.06 bits per heavy atom. The number of amides is 1. The van der Waals surface area contributed by atoms with E-state index in [2.05, 4.69) is 12.1 Å². The van der Waals surface area contributed by atoms with E-state index < -0.39 is 11.3 Å². The van der Waals surface area contributed by atoms with Gasteiger partial charge >= 0.3 is 6.09 Å². The van der Waals surface area contributed by atoms with Crippen LogP contribution in [-0.4, -0.2) is 40.6 Å². The third-order valence-corrected chi connectivity index (χ3v) is 5.52. The molecule has 1 aliphatic heterocycles. The second-order valence-electron chi connectivity index (χ2n) is 10.0. The summed E-state index contributed by atoms with van der Waals surface area (Å²) in [6.07, 6.45) is 3.96. The molecular formula is C28H37NO4. The van der Waals surface area contributed by atoms with E-state index in [1.807, 2.05) is 102 Å². The van der Waals surface area contributed by atoms with Gasteiger partial charge in [0.05, 0.1) is 24.9 Å². The van der Waals surface area contributed by atoms with E-state index >= 15 is 0 Å². The summed E-state index contributed by atoms with van der Waals surface area (Å²) in [5, 5.41) is 0. The molecular weight excluding hydrogens is 414 g/mol. The fourth-order valence-corrected chi connectivity index (χ4v) is 4.03. The van der Waals surface area contributed by atoms with Crippen molar-refractivity contribution in [1.29, 1.82) is 0 Å². The number of nitrogens with zero attached hydrogens (tertiary/aromatic N) is 1. The topological polar surface area (TPSA) is 48.0 Å². The summed E-state index contributed by atoms with van der Waals surface area (Å²) in [5.74, 6) is 0. The van der Waals surface area contributed by atoms with Crippen molar-refractivity contribution >= 4 is 6.09 Å². The van der Waals surface area contributed by atoms with Gasteiger partial charge in [0, 0.05) is 0 Å². The van der Waals surface area contributed by atoms with Crippen molar-refractivity contribution in [2.45, 2.75) is 84.1 Å². The second-order valence-corrected chi connectivity index (χ2v) is 10.0. The molecule has 5 nitrogen and oxygen atoms in total. The molecule has 1 saturated heterocycles. The standard InChI is InChI=1S/C28H37NO4/c1-21(31-20-23-15-11-8-12-16-23)17-18-25-24(19-22-13-9-7-10-14-22)29(28(5,6)32-25)26(30)33-27(2,3)4/h7-18,21,24-25H,19-20H2,1-6H3/b18-17+/t21?,24-,25+/m0/s1. The third kappa shape index (κ3) is 7.18. The molecule has 0 spiro atoms. The second kappa shape index (κ2) is 10.5. The van der Waals surface area contributed by atoms with Crippen molar-refractivity contribution in [2.24, 2.45) is 0 Å². The number of hydrogen-bond donors (Lipinski definition) is 0. The first kappa shape index (κ1) is 25.0. The SMILES string of the molecule is CC(/C=C/[C@H]1OC(C)(C)N(C(=O)OC(C)(C)C)[C@H]1Cc1ccccc1)OCc1ccccc1. The average Bonchev–Trinajstić information content (AvgIpc) is 3.00. The molecule has 1 unspecified atom stereocenters. The van der Waals surface area contributed by atoms with Crippen molar-refractivity contribution in [3.63, 3.8) is 0 Å². The highest BCUT2D eigenvalue weighted by Gasteiger charge is 2.50. The minimum atomic E-state index is -0.801. The molecule has 2 aromatic rings. The van der Waals surface area contributed by atoms with Crippen LogP contribution in [0.5, 0.6) is 0 Å². The molecule has 0 N–H and O–H groups in total. The van der Waals surface area contributed by atoms with E-state index in [9.17, 15) is 4.79 Å². The number of carbonyl (C=O) groups excluding carboxylic acids is 1.